The van der Waals surface area contributed by atoms with Crippen LogP contribution in [0.25, 0.3) is 0 Å². The average Bonchev–Trinajstić information content (AvgIpc) is 2.70. The average molecular weight is 471 g/mol. The lowest BCUT2D eigenvalue weighted by Gasteiger charge is -2.37. The van der Waals surface area contributed by atoms with Crippen molar-refractivity contribution in [2.75, 3.05) is 19.0 Å². The number of nitrogens with one attached hydrogen (secondary N) is 1. The molecular weight excluding hydrogens is 445 g/mol. The third-order valence-corrected chi connectivity index (χ3v) is 6.35. The van der Waals surface area contributed by atoms with Gasteiger partial charge in [-0.05, 0) is 55.7 Å². The van der Waals surface area contributed by atoms with Gasteiger partial charge in [-0.15, -0.1) is 0 Å². The van der Waals surface area contributed by atoms with Crippen LogP contribution in [0.5, 0.6) is 5.75 Å². The first-order valence-electron chi connectivity index (χ1n) is 10.1. The summed E-state index contributed by atoms with van der Waals surface area (Å²) in [6.45, 7) is 2.36. The molecule has 2 aromatic carbocycles. The van der Waals surface area contributed by atoms with Crippen molar-refractivity contribution in [3.63, 3.8) is 0 Å². The van der Waals surface area contributed by atoms with E-state index in [1.54, 1.807) is 37.4 Å². The monoisotopic (exact) mass is 469 g/mol. The van der Waals surface area contributed by atoms with Gasteiger partial charge in [-0.3, -0.25) is 4.79 Å². The summed E-state index contributed by atoms with van der Waals surface area (Å²) in [7, 11) is 1.62. The lowest BCUT2D eigenvalue weighted by Crippen LogP contribution is -2.42. The zero-order valence-electron chi connectivity index (χ0n) is 17.1. The van der Waals surface area contributed by atoms with Gasteiger partial charge in [-0.2, -0.15) is 0 Å². The third kappa shape index (κ3) is 5.23. The van der Waals surface area contributed by atoms with Gasteiger partial charge < -0.3 is 14.8 Å². The molecule has 1 N–H and O–H groups in total. The van der Waals surface area contributed by atoms with Gasteiger partial charge in [0.05, 0.1) is 17.0 Å². The summed E-state index contributed by atoms with van der Waals surface area (Å²) >= 11 is 19.0. The number of halogens is 3. The first-order valence-corrected chi connectivity index (χ1v) is 11.2. The fourth-order valence-electron chi connectivity index (χ4n) is 4.06. The summed E-state index contributed by atoms with van der Waals surface area (Å²) in [5.74, 6) is 0.469. The van der Waals surface area contributed by atoms with Crippen LogP contribution >= 0.6 is 34.8 Å². The predicted octanol–water partition coefficient (Wildman–Crippen LogP) is 6.90. The summed E-state index contributed by atoms with van der Waals surface area (Å²) < 4.78 is 10.9. The van der Waals surface area contributed by atoms with Crippen molar-refractivity contribution >= 4 is 46.4 Å². The number of hydrogen-bond donors (Lipinski definition) is 1. The fourth-order valence-corrected chi connectivity index (χ4v) is 4.88. The quantitative estimate of drug-likeness (QED) is 0.478. The maximum atomic E-state index is 13.5. The molecule has 1 aliphatic rings. The predicted molar refractivity (Wildman–Crippen MR) is 123 cm³/mol. The summed E-state index contributed by atoms with van der Waals surface area (Å²) in [6, 6.07) is 10.6. The van der Waals surface area contributed by atoms with E-state index in [1.807, 2.05) is 13.0 Å². The van der Waals surface area contributed by atoms with Crippen molar-refractivity contribution in [2.24, 2.45) is 0 Å². The van der Waals surface area contributed by atoms with Crippen LogP contribution in [0.1, 0.15) is 44.6 Å². The van der Waals surface area contributed by atoms with Crippen LogP contribution < -0.4 is 10.1 Å². The van der Waals surface area contributed by atoms with Crippen molar-refractivity contribution in [1.29, 1.82) is 0 Å². The molecule has 7 heteroatoms. The van der Waals surface area contributed by atoms with Gasteiger partial charge in [0.25, 0.3) is 0 Å². The molecule has 2 aromatic rings. The first-order chi connectivity index (χ1) is 14.4. The summed E-state index contributed by atoms with van der Waals surface area (Å²) in [6.07, 6.45) is 4.39. The molecule has 30 heavy (non-hydrogen) atoms. The van der Waals surface area contributed by atoms with E-state index in [9.17, 15) is 4.79 Å². The minimum Gasteiger partial charge on any atom is -0.487 e. The van der Waals surface area contributed by atoms with Crippen molar-refractivity contribution in [2.45, 2.75) is 50.5 Å². The van der Waals surface area contributed by atoms with Gasteiger partial charge in [0.1, 0.15) is 11.9 Å². The van der Waals surface area contributed by atoms with Crippen molar-refractivity contribution in [1.82, 2.24) is 0 Å². The van der Waals surface area contributed by atoms with E-state index in [0.717, 1.165) is 37.7 Å². The van der Waals surface area contributed by atoms with E-state index < -0.39 is 5.41 Å². The maximum absolute atomic E-state index is 13.5. The largest absolute Gasteiger partial charge is 0.487 e. The second-order valence-electron chi connectivity index (χ2n) is 7.75. The third-order valence-electron chi connectivity index (χ3n) is 5.51. The Morgan fingerprint density at radius 1 is 1.07 bits per heavy atom. The molecule has 0 spiro atoms. The Labute approximate surface area is 192 Å². The number of rotatable bonds is 7. The molecule has 0 bridgehead atoms. The molecule has 0 saturated heterocycles. The summed E-state index contributed by atoms with van der Waals surface area (Å²) in [5, 5.41) is 4.55. The molecule has 162 valence electrons. The molecule has 4 nitrogen and oxygen atoms in total. The first kappa shape index (κ1) is 23.2. The lowest BCUT2D eigenvalue weighted by molar-refractivity contribution is -0.122. The van der Waals surface area contributed by atoms with Crippen LogP contribution in [0.2, 0.25) is 15.1 Å². The normalized spacial score (nSPS) is 16.7. The number of carbonyl (C=O) groups excluding carboxylic acids is 1. The molecule has 0 aromatic heterocycles. The van der Waals surface area contributed by atoms with Gasteiger partial charge in [0.2, 0.25) is 5.91 Å². The SMILES string of the molecule is COC[C@H](C)Oc1ccc(NC(=O)C2(c3ccc(Cl)cc3Cl)CCCCC2)cc1Cl. The standard InChI is InChI=1S/C23H26Cl3NO3/c1-15(14-29-2)30-21-9-7-17(13-20(21)26)27-22(28)23(10-4-3-5-11-23)18-8-6-16(24)12-19(18)25/h6-9,12-13,15H,3-5,10-11,14H2,1-2H3,(H,27,28)/t15-/m0/s1. The minimum atomic E-state index is -0.686. The highest BCUT2D eigenvalue weighted by molar-refractivity contribution is 6.35. The Morgan fingerprint density at radius 3 is 2.43 bits per heavy atom. The summed E-state index contributed by atoms with van der Waals surface area (Å²) in [5.41, 5.74) is 0.756. The highest BCUT2D eigenvalue weighted by Crippen LogP contribution is 2.44. The fraction of sp³-hybridized carbons (Fsp3) is 0.435. The Morgan fingerprint density at radius 2 is 1.80 bits per heavy atom. The highest BCUT2D eigenvalue weighted by atomic mass is 35.5. The van der Waals surface area contributed by atoms with Gasteiger partial charge >= 0.3 is 0 Å². The van der Waals surface area contributed by atoms with E-state index in [-0.39, 0.29) is 12.0 Å². The Balaban J connectivity index is 1.84. The smallest absolute Gasteiger partial charge is 0.235 e. The molecule has 1 aliphatic carbocycles. The molecule has 0 radical (unpaired) electrons. The molecule has 0 aliphatic heterocycles. The maximum Gasteiger partial charge on any atom is 0.235 e. The minimum absolute atomic E-state index is 0.0797. The molecule has 3 rings (SSSR count). The lowest BCUT2D eigenvalue weighted by atomic mass is 9.68. The molecule has 1 saturated carbocycles. The number of ether oxygens (including phenoxy) is 2. The number of carbonyl (C=O) groups is 1. The number of benzene rings is 2. The number of anilines is 1. The molecule has 1 fully saturated rings. The second kappa shape index (κ2) is 10.2. The van der Waals surface area contributed by atoms with E-state index in [2.05, 4.69) is 5.32 Å². The number of amides is 1. The molecule has 1 amide bonds. The summed E-state index contributed by atoms with van der Waals surface area (Å²) in [4.78, 5) is 13.5. The van der Waals surface area contributed by atoms with Gasteiger partial charge in [-0.25, -0.2) is 0 Å². The molecular formula is C23H26Cl3NO3. The van der Waals surface area contributed by atoms with E-state index >= 15 is 0 Å². The zero-order chi connectivity index (χ0) is 21.7. The van der Waals surface area contributed by atoms with Gasteiger partial charge in [0, 0.05) is 22.8 Å². The Hall–Kier alpha value is -1.46. The van der Waals surface area contributed by atoms with Crippen LogP contribution in [0.15, 0.2) is 36.4 Å². The van der Waals surface area contributed by atoms with Crippen molar-refractivity contribution in [3.05, 3.63) is 57.0 Å². The van der Waals surface area contributed by atoms with Gasteiger partial charge in [-0.1, -0.05) is 60.1 Å². The van der Waals surface area contributed by atoms with Crippen molar-refractivity contribution < 1.29 is 14.3 Å². The van der Waals surface area contributed by atoms with Crippen LogP contribution in [0.4, 0.5) is 5.69 Å². The number of hydrogen-bond acceptors (Lipinski definition) is 3. The zero-order valence-corrected chi connectivity index (χ0v) is 19.4. The second-order valence-corrected chi connectivity index (χ2v) is 9.00. The molecule has 0 unspecified atom stereocenters. The van der Waals surface area contributed by atoms with Crippen LogP contribution in [0, 0.1) is 0 Å². The Kier molecular flexibility index (Phi) is 7.92. The van der Waals surface area contributed by atoms with Crippen molar-refractivity contribution in [3.8, 4) is 5.75 Å². The van der Waals surface area contributed by atoms with E-state index in [0.29, 0.717) is 33.1 Å². The highest BCUT2D eigenvalue weighted by Gasteiger charge is 2.42. The molecule has 0 heterocycles. The Bertz CT molecular complexity index is 897. The van der Waals surface area contributed by atoms with Gasteiger partial charge in [0.15, 0.2) is 0 Å². The molecule has 1 atom stereocenters. The van der Waals surface area contributed by atoms with Crippen LogP contribution in [-0.2, 0) is 14.9 Å². The number of methoxy groups -OCH3 is 1. The van der Waals surface area contributed by atoms with Crippen LogP contribution in [0.3, 0.4) is 0 Å². The topological polar surface area (TPSA) is 47.6 Å². The van der Waals surface area contributed by atoms with E-state index in [1.165, 1.54) is 0 Å². The van der Waals surface area contributed by atoms with E-state index in [4.69, 9.17) is 44.3 Å². The van der Waals surface area contributed by atoms with Crippen LogP contribution in [-0.4, -0.2) is 25.7 Å².